The minimum atomic E-state index is -0.223. The number of hydrogen-bond acceptors (Lipinski definition) is 6. The highest BCUT2D eigenvalue weighted by Crippen LogP contribution is 2.24. The van der Waals surface area contributed by atoms with E-state index < -0.39 is 0 Å². The Morgan fingerprint density at radius 2 is 1.82 bits per heavy atom. The number of anilines is 1. The van der Waals surface area contributed by atoms with Crippen molar-refractivity contribution in [3.8, 4) is 17.2 Å². The molecule has 2 aromatic carbocycles. The molecule has 0 aliphatic rings. The van der Waals surface area contributed by atoms with E-state index >= 15 is 0 Å². The van der Waals surface area contributed by atoms with Crippen LogP contribution in [0.15, 0.2) is 48.5 Å². The van der Waals surface area contributed by atoms with E-state index in [9.17, 15) is 4.79 Å². The molecular weight excluding hydrogens is 372 g/mol. The molecule has 8 heteroatoms. The molecule has 1 amide bonds. The summed E-state index contributed by atoms with van der Waals surface area (Å²) in [6, 6.07) is 15.1. The van der Waals surface area contributed by atoms with Crippen molar-refractivity contribution in [3.63, 3.8) is 0 Å². The maximum Gasteiger partial charge on any atom is 0.257 e. The van der Waals surface area contributed by atoms with Crippen LogP contribution in [-0.2, 0) is 0 Å². The van der Waals surface area contributed by atoms with Crippen molar-refractivity contribution in [2.45, 2.75) is 20.8 Å². The SMILES string of the molecule is Cc1ccc(-n2nnc(-c3nsc(NC(=O)c4ccccc4)n3)c2C)cc1C. The van der Waals surface area contributed by atoms with Gasteiger partial charge in [0, 0.05) is 17.1 Å². The van der Waals surface area contributed by atoms with Crippen molar-refractivity contribution < 1.29 is 4.79 Å². The number of carbonyl (C=O) groups is 1. The lowest BCUT2D eigenvalue weighted by Gasteiger charge is -2.06. The third-order valence-corrected chi connectivity index (χ3v) is 5.15. The number of rotatable bonds is 4. The maximum absolute atomic E-state index is 12.3. The number of aromatic nitrogens is 5. The van der Waals surface area contributed by atoms with Crippen LogP contribution in [0.2, 0.25) is 0 Å². The summed E-state index contributed by atoms with van der Waals surface area (Å²) in [6.45, 7) is 6.06. The zero-order valence-corrected chi connectivity index (χ0v) is 16.5. The lowest BCUT2D eigenvalue weighted by atomic mass is 10.1. The molecule has 4 aromatic rings. The van der Waals surface area contributed by atoms with E-state index in [-0.39, 0.29) is 5.91 Å². The van der Waals surface area contributed by atoms with Crippen LogP contribution in [0.4, 0.5) is 5.13 Å². The second kappa shape index (κ2) is 7.32. The smallest absolute Gasteiger partial charge is 0.257 e. The Labute approximate surface area is 166 Å². The molecule has 28 heavy (non-hydrogen) atoms. The Kier molecular flexibility index (Phi) is 4.70. The molecule has 7 nitrogen and oxygen atoms in total. The lowest BCUT2D eigenvalue weighted by Crippen LogP contribution is -2.11. The Hall–Kier alpha value is -3.39. The Morgan fingerprint density at radius 3 is 2.57 bits per heavy atom. The average molecular weight is 390 g/mol. The van der Waals surface area contributed by atoms with Crippen LogP contribution >= 0.6 is 11.5 Å². The number of nitrogens with zero attached hydrogens (tertiary/aromatic N) is 5. The van der Waals surface area contributed by atoms with E-state index in [1.807, 2.05) is 31.2 Å². The minimum Gasteiger partial charge on any atom is -0.297 e. The summed E-state index contributed by atoms with van der Waals surface area (Å²) < 4.78 is 6.10. The molecule has 2 aromatic heterocycles. The molecule has 1 N–H and O–H groups in total. The van der Waals surface area contributed by atoms with Gasteiger partial charge in [-0.25, -0.2) is 4.68 Å². The quantitative estimate of drug-likeness (QED) is 0.570. The third kappa shape index (κ3) is 3.41. The van der Waals surface area contributed by atoms with Crippen LogP contribution in [0, 0.1) is 20.8 Å². The molecule has 0 saturated heterocycles. The second-order valence-electron chi connectivity index (χ2n) is 6.45. The summed E-state index contributed by atoms with van der Waals surface area (Å²) in [5, 5.41) is 11.7. The minimum absolute atomic E-state index is 0.223. The summed E-state index contributed by atoms with van der Waals surface area (Å²) in [6.07, 6.45) is 0. The zero-order chi connectivity index (χ0) is 19.7. The molecule has 0 saturated carbocycles. The molecule has 0 atom stereocenters. The molecule has 0 spiro atoms. The predicted octanol–water partition coefficient (Wildman–Crippen LogP) is 3.96. The first-order valence-corrected chi connectivity index (χ1v) is 9.50. The molecule has 140 valence electrons. The molecule has 0 fully saturated rings. The average Bonchev–Trinajstić information content (AvgIpc) is 3.31. The van der Waals surface area contributed by atoms with E-state index in [1.165, 1.54) is 11.1 Å². The fourth-order valence-electron chi connectivity index (χ4n) is 2.77. The fourth-order valence-corrected chi connectivity index (χ4v) is 3.33. The van der Waals surface area contributed by atoms with Gasteiger partial charge < -0.3 is 0 Å². The predicted molar refractivity (Wildman–Crippen MR) is 109 cm³/mol. The van der Waals surface area contributed by atoms with Gasteiger partial charge in [0.2, 0.25) is 5.13 Å². The van der Waals surface area contributed by atoms with Gasteiger partial charge in [-0.3, -0.25) is 10.1 Å². The first-order chi connectivity index (χ1) is 13.5. The van der Waals surface area contributed by atoms with E-state index in [1.54, 1.807) is 16.8 Å². The summed E-state index contributed by atoms with van der Waals surface area (Å²) in [4.78, 5) is 16.7. The van der Waals surface area contributed by atoms with Crippen molar-refractivity contribution in [1.82, 2.24) is 24.4 Å². The van der Waals surface area contributed by atoms with Crippen LogP contribution < -0.4 is 5.32 Å². The molecule has 0 bridgehead atoms. The second-order valence-corrected chi connectivity index (χ2v) is 7.20. The Morgan fingerprint density at radius 1 is 1.04 bits per heavy atom. The first kappa shape index (κ1) is 18.0. The summed E-state index contributed by atoms with van der Waals surface area (Å²) in [7, 11) is 0. The highest BCUT2D eigenvalue weighted by Gasteiger charge is 2.18. The highest BCUT2D eigenvalue weighted by atomic mass is 32.1. The van der Waals surface area contributed by atoms with Crippen LogP contribution in [-0.4, -0.2) is 30.3 Å². The Bertz CT molecular complexity index is 1150. The molecule has 2 heterocycles. The Balaban J connectivity index is 1.58. The van der Waals surface area contributed by atoms with Gasteiger partial charge in [0.1, 0.15) is 0 Å². The van der Waals surface area contributed by atoms with Gasteiger partial charge >= 0.3 is 0 Å². The van der Waals surface area contributed by atoms with Gasteiger partial charge in [-0.15, -0.1) is 5.10 Å². The molecule has 0 unspecified atom stereocenters. The molecular formula is C20H18N6OS. The van der Waals surface area contributed by atoms with Gasteiger partial charge in [-0.1, -0.05) is 29.5 Å². The van der Waals surface area contributed by atoms with E-state index in [0.717, 1.165) is 22.9 Å². The zero-order valence-electron chi connectivity index (χ0n) is 15.7. The van der Waals surface area contributed by atoms with Gasteiger partial charge in [-0.05, 0) is 56.2 Å². The van der Waals surface area contributed by atoms with Crippen molar-refractivity contribution >= 4 is 22.6 Å². The number of benzene rings is 2. The van der Waals surface area contributed by atoms with Gasteiger partial charge in [0.15, 0.2) is 11.5 Å². The number of nitrogens with one attached hydrogen (secondary N) is 1. The van der Waals surface area contributed by atoms with Crippen LogP contribution in [0.25, 0.3) is 17.2 Å². The number of hydrogen-bond donors (Lipinski definition) is 1. The van der Waals surface area contributed by atoms with E-state index in [0.29, 0.717) is 22.2 Å². The van der Waals surface area contributed by atoms with Crippen molar-refractivity contribution in [1.29, 1.82) is 0 Å². The molecule has 0 aliphatic carbocycles. The standard InChI is InChI=1S/C20H18N6OS/c1-12-9-10-16(11-13(12)2)26-14(3)17(23-25-26)18-21-20(28-24-18)22-19(27)15-7-5-4-6-8-15/h4-11H,1-3H3,(H,21,22,24,27). The topological polar surface area (TPSA) is 85.6 Å². The monoisotopic (exact) mass is 390 g/mol. The van der Waals surface area contributed by atoms with Gasteiger partial charge in [-0.2, -0.15) is 9.36 Å². The molecule has 0 radical (unpaired) electrons. The summed E-state index contributed by atoms with van der Waals surface area (Å²) in [5.74, 6) is 0.222. The maximum atomic E-state index is 12.3. The van der Waals surface area contributed by atoms with Crippen LogP contribution in [0.1, 0.15) is 27.2 Å². The van der Waals surface area contributed by atoms with E-state index in [2.05, 4.69) is 51.0 Å². The first-order valence-electron chi connectivity index (χ1n) is 8.73. The van der Waals surface area contributed by atoms with Gasteiger partial charge in [0.25, 0.3) is 5.91 Å². The number of aryl methyl sites for hydroxylation is 2. The lowest BCUT2D eigenvalue weighted by molar-refractivity contribution is 0.102. The van der Waals surface area contributed by atoms with Crippen LogP contribution in [0.5, 0.6) is 0 Å². The molecule has 0 aliphatic heterocycles. The normalized spacial score (nSPS) is 10.8. The van der Waals surface area contributed by atoms with Crippen LogP contribution in [0.3, 0.4) is 0 Å². The largest absolute Gasteiger partial charge is 0.297 e. The van der Waals surface area contributed by atoms with Gasteiger partial charge in [0.05, 0.1) is 11.4 Å². The van der Waals surface area contributed by atoms with Crippen molar-refractivity contribution in [3.05, 3.63) is 70.9 Å². The molecule has 4 rings (SSSR count). The fraction of sp³-hybridized carbons (Fsp3) is 0.150. The summed E-state index contributed by atoms with van der Waals surface area (Å²) >= 11 is 1.12. The van der Waals surface area contributed by atoms with Crippen molar-refractivity contribution in [2.24, 2.45) is 0 Å². The third-order valence-electron chi connectivity index (χ3n) is 4.52. The number of amides is 1. The number of carbonyl (C=O) groups excluding carboxylic acids is 1. The summed E-state index contributed by atoms with van der Waals surface area (Å²) in [5.41, 5.74) is 5.34. The van der Waals surface area contributed by atoms with Crippen molar-refractivity contribution in [2.75, 3.05) is 5.32 Å². The van der Waals surface area contributed by atoms with E-state index in [4.69, 9.17) is 0 Å². The highest BCUT2D eigenvalue weighted by molar-refractivity contribution is 7.10.